The van der Waals surface area contributed by atoms with Crippen LogP contribution in [0.25, 0.3) is 0 Å². The highest BCUT2D eigenvalue weighted by molar-refractivity contribution is 7.92. The van der Waals surface area contributed by atoms with Gasteiger partial charge < -0.3 is 4.74 Å². The molecule has 0 bridgehead atoms. The summed E-state index contributed by atoms with van der Waals surface area (Å²) in [6.45, 7) is 4.53. The summed E-state index contributed by atoms with van der Waals surface area (Å²) in [5, 5.41) is 5.05. The van der Waals surface area contributed by atoms with Gasteiger partial charge >= 0.3 is 0 Å². The molecule has 0 saturated carbocycles. The zero-order valence-electron chi connectivity index (χ0n) is 16.9. The molecule has 31 heavy (non-hydrogen) atoms. The minimum atomic E-state index is -4.62. The number of carbonyl (C=O) groups excluding carboxylic acids is 1. The van der Waals surface area contributed by atoms with Crippen LogP contribution in [0.15, 0.2) is 52.3 Å². The quantitative estimate of drug-likeness (QED) is 0.631. The standard InChI is InChI=1S/C19H22F2N2O6S2/c1-19(2,3)13-9-8-12(10-14(13)29-11-17(20)21)18(24)23-31(27,28)16-7-5-4-6-15(16)30(22,25)26/h4-10,17H,11H2,1-3H3,(H,23,24)(H2,22,25,26). The van der Waals surface area contributed by atoms with Crippen LogP contribution in [0.3, 0.4) is 0 Å². The number of hydrogen-bond donors (Lipinski definition) is 2. The molecule has 3 N–H and O–H groups in total. The average molecular weight is 477 g/mol. The van der Waals surface area contributed by atoms with Crippen LogP contribution in [-0.2, 0) is 25.5 Å². The lowest BCUT2D eigenvalue weighted by Crippen LogP contribution is -2.32. The second kappa shape index (κ2) is 8.89. The number of nitrogens with one attached hydrogen (secondary N) is 1. The van der Waals surface area contributed by atoms with Crippen molar-refractivity contribution in [3.63, 3.8) is 0 Å². The van der Waals surface area contributed by atoms with Crippen molar-refractivity contribution in [1.29, 1.82) is 0 Å². The molecule has 0 aliphatic rings. The van der Waals surface area contributed by atoms with Gasteiger partial charge in [0.2, 0.25) is 10.0 Å². The Balaban J connectivity index is 2.43. The molecule has 0 fully saturated rings. The number of primary sulfonamides is 1. The molecule has 0 aliphatic carbocycles. The molecule has 0 unspecified atom stereocenters. The highest BCUT2D eigenvalue weighted by atomic mass is 32.2. The predicted octanol–water partition coefficient (Wildman–Crippen LogP) is 2.39. The number of hydrogen-bond acceptors (Lipinski definition) is 6. The van der Waals surface area contributed by atoms with Gasteiger partial charge in [0.15, 0.2) is 0 Å². The minimum absolute atomic E-state index is 0.00258. The van der Waals surface area contributed by atoms with E-state index in [1.165, 1.54) is 24.3 Å². The lowest BCUT2D eigenvalue weighted by atomic mass is 9.85. The van der Waals surface area contributed by atoms with Crippen LogP contribution in [0.5, 0.6) is 5.75 Å². The van der Waals surface area contributed by atoms with E-state index >= 15 is 0 Å². The molecule has 0 aliphatic heterocycles. The maximum Gasteiger partial charge on any atom is 0.272 e. The second-order valence-electron chi connectivity index (χ2n) is 7.59. The number of amides is 1. The molecule has 0 heterocycles. The van der Waals surface area contributed by atoms with Gasteiger partial charge in [0.1, 0.15) is 22.1 Å². The number of alkyl halides is 2. The smallest absolute Gasteiger partial charge is 0.272 e. The third-order valence-corrected chi connectivity index (χ3v) is 6.58. The predicted molar refractivity (Wildman–Crippen MR) is 109 cm³/mol. The van der Waals surface area contributed by atoms with E-state index in [-0.39, 0.29) is 11.3 Å². The molecule has 0 aromatic heterocycles. The Bertz CT molecular complexity index is 1190. The van der Waals surface area contributed by atoms with Gasteiger partial charge in [-0.3, -0.25) is 4.79 Å². The van der Waals surface area contributed by atoms with Crippen LogP contribution in [-0.4, -0.2) is 35.8 Å². The lowest BCUT2D eigenvalue weighted by molar-refractivity contribution is 0.0808. The Hall–Kier alpha value is -2.57. The topological polar surface area (TPSA) is 133 Å². The maximum atomic E-state index is 12.6. The molecule has 1 amide bonds. The Morgan fingerprint density at radius 2 is 1.65 bits per heavy atom. The van der Waals surface area contributed by atoms with Crippen molar-refractivity contribution in [3.05, 3.63) is 53.6 Å². The zero-order valence-corrected chi connectivity index (χ0v) is 18.6. The molecule has 8 nitrogen and oxygen atoms in total. The molecule has 0 radical (unpaired) electrons. The number of sulfonamides is 2. The second-order valence-corrected chi connectivity index (χ2v) is 10.8. The summed E-state index contributed by atoms with van der Waals surface area (Å²) in [6, 6.07) is 8.45. The minimum Gasteiger partial charge on any atom is -0.487 e. The first kappa shape index (κ1) is 24.7. The molecular weight excluding hydrogens is 454 g/mol. The number of benzene rings is 2. The number of nitrogens with two attached hydrogens (primary N) is 1. The van der Waals surface area contributed by atoms with Gasteiger partial charge in [0.25, 0.3) is 22.4 Å². The van der Waals surface area contributed by atoms with Crippen LogP contribution >= 0.6 is 0 Å². The summed E-state index contributed by atoms with van der Waals surface area (Å²) < 4.78 is 80.7. The van der Waals surface area contributed by atoms with Gasteiger partial charge in [0, 0.05) is 5.56 Å². The van der Waals surface area contributed by atoms with E-state index in [1.54, 1.807) is 4.72 Å². The monoisotopic (exact) mass is 476 g/mol. The van der Waals surface area contributed by atoms with Gasteiger partial charge in [-0.05, 0) is 35.2 Å². The summed E-state index contributed by atoms with van der Waals surface area (Å²) in [6.07, 6.45) is -2.75. The third-order valence-electron chi connectivity index (χ3n) is 4.09. The highest BCUT2D eigenvalue weighted by Crippen LogP contribution is 2.32. The summed E-state index contributed by atoms with van der Waals surface area (Å²) in [5.74, 6) is -1.10. The fourth-order valence-corrected chi connectivity index (χ4v) is 5.06. The average Bonchev–Trinajstić information content (AvgIpc) is 2.64. The SMILES string of the molecule is CC(C)(C)c1ccc(C(=O)NS(=O)(=O)c2ccccc2S(N)(=O)=O)cc1OCC(F)F. The summed E-state index contributed by atoms with van der Waals surface area (Å²) >= 11 is 0. The fraction of sp³-hybridized carbons (Fsp3) is 0.316. The highest BCUT2D eigenvalue weighted by Gasteiger charge is 2.27. The molecular formula is C19H22F2N2O6S2. The molecule has 0 spiro atoms. The molecule has 170 valence electrons. The van der Waals surface area contributed by atoms with Gasteiger partial charge in [0.05, 0.1) is 0 Å². The molecule has 0 saturated heterocycles. The summed E-state index contributed by atoms with van der Waals surface area (Å²) in [7, 11) is -9.00. The first-order valence-electron chi connectivity index (χ1n) is 8.87. The van der Waals surface area contributed by atoms with E-state index < -0.39 is 54.2 Å². The van der Waals surface area contributed by atoms with Crippen LogP contribution in [0.2, 0.25) is 0 Å². The van der Waals surface area contributed by atoms with Crippen molar-refractivity contribution >= 4 is 26.0 Å². The van der Waals surface area contributed by atoms with E-state index in [2.05, 4.69) is 0 Å². The zero-order chi connectivity index (χ0) is 23.6. The van der Waals surface area contributed by atoms with Crippen molar-refractivity contribution in [2.75, 3.05) is 6.61 Å². The van der Waals surface area contributed by atoms with Crippen LogP contribution in [0, 0.1) is 0 Å². The largest absolute Gasteiger partial charge is 0.487 e. The van der Waals surface area contributed by atoms with Gasteiger partial charge in [-0.1, -0.05) is 39.0 Å². The first-order chi connectivity index (χ1) is 14.1. The number of halogens is 2. The maximum absolute atomic E-state index is 12.6. The van der Waals surface area contributed by atoms with Crippen LogP contribution in [0.1, 0.15) is 36.7 Å². The van der Waals surface area contributed by atoms with E-state index in [0.717, 1.165) is 18.2 Å². The van der Waals surface area contributed by atoms with E-state index in [9.17, 15) is 30.4 Å². The number of rotatable bonds is 7. The Morgan fingerprint density at radius 1 is 1.06 bits per heavy atom. The normalized spacial score (nSPS) is 12.6. The van der Waals surface area contributed by atoms with Crippen LogP contribution < -0.4 is 14.6 Å². The van der Waals surface area contributed by atoms with Crippen LogP contribution in [0.4, 0.5) is 8.78 Å². The Labute approximate surface area is 179 Å². The molecule has 0 atom stereocenters. The van der Waals surface area contributed by atoms with Crippen molar-refractivity contribution in [3.8, 4) is 5.75 Å². The van der Waals surface area contributed by atoms with Gasteiger partial charge in [-0.15, -0.1) is 0 Å². The Kier molecular flexibility index (Phi) is 7.08. The lowest BCUT2D eigenvalue weighted by Gasteiger charge is -2.23. The first-order valence-corrected chi connectivity index (χ1v) is 11.9. The third kappa shape index (κ3) is 6.21. The van der Waals surface area contributed by atoms with E-state index in [4.69, 9.17) is 9.88 Å². The number of ether oxygens (including phenoxy) is 1. The van der Waals surface area contributed by atoms with Gasteiger partial charge in [-0.2, -0.15) is 0 Å². The van der Waals surface area contributed by atoms with Crippen molar-refractivity contribution in [2.45, 2.75) is 42.4 Å². The van der Waals surface area contributed by atoms with E-state index in [1.807, 2.05) is 20.8 Å². The fourth-order valence-electron chi connectivity index (χ4n) is 2.70. The van der Waals surface area contributed by atoms with Crippen molar-refractivity contribution < 1.29 is 35.1 Å². The van der Waals surface area contributed by atoms with E-state index in [0.29, 0.717) is 5.56 Å². The molecule has 2 rings (SSSR count). The van der Waals surface area contributed by atoms with Crippen molar-refractivity contribution in [2.24, 2.45) is 5.14 Å². The summed E-state index contributed by atoms with van der Waals surface area (Å²) in [5.41, 5.74) is -0.159. The van der Waals surface area contributed by atoms with Crippen molar-refractivity contribution in [1.82, 2.24) is 4.72 Å². The summed E-state index contributed by atoms with van der Waals surface area (Å²) in [4.78, 5) is 11.2. The number of carbonyl (C=O) groups is 1. The molecule has 2 aromatic rings. The molecule has 2 aromatic carbocycles. The molecule has 12 heteroatoms. The Morgan fingerprint density at radius 3 is 2.16 bits per heavy atom. The van der Waals surface area contributed by atoms with Gasteiger partial charge in [-0.25, -0.2) is 35.5 Å².